The van der Waals surface area contributed by atoms with E-state index in [0.29, 0.717) is 16.5 Å². The SMILES string of the molecule is Cc1nn(C)c(C)c1NC(=O)COC(=O)c1cc2c(s1)CC[C@H](C(C)(C)C)C2. The van der Waals surface area contributed by atoms with E-state index in [1.54, 1.807) is 4.68 Å². The molecule has 152 valence electrons. The number of thiophene rings is 1. The summed E-state index contributed by atoms with van der Waals surface area (Å²) in [4.78, 5) is 26.5. The van der Waals surface area contributed by atoms with Gasteiger partial charge >= 0.3 is 5.97 Å². The summed E-state index contributed by atoms with van der Waals surface area (Å²) in [6.07, 6.45) is 3.16. The standard InChI is InChI=1S/C21H29N3O3S/c1-12-19(13(2)24(6)23-12)22-18(25)11-27-20(26)17-10-14-9-15(21(3,4)5)7-8-16(14)28-17/h10,15H,7-9,11H2,1-6H3,(H,22,25)/t15-/m0/s1. The third kappa shape index (κ3) is 4.29. The fourth-order valence-electron chi connectivity index (χ4n) is 3.70. The second kappa shape index (κ2) is 7.70. The van der Waals surface area contributed by atoms with Crippen molar-refractivity contribution in [3.8, 4) is 0 Å². The molecule has 2 aromatic rings. The Bertz CT molecular complexity index is 905. The van der Waals surface area contributed by atoms with Crippen LogP contribution in [0.4, 0.5) is 5.69 Å². The lowest BCUT2D eigenvalue weighted by molar-refractivity contribution is -0.119. The number of fused-ring (bicyclic) bond motifs is 1. The molecule has 0 saturated carbocycles. The lowest BCUT2D eigenvalue weighted by atomic mass is 9.72. The first-order chi connectivity index (χ1) is 13.1. The largest absolute Gasteiger partial charge is 0.451 e. The number of ether oxygens (including phenoxy) is 1. The van der Waals surface area contributed by atoms with E-state index in [4.69, 9.17) is 4.74 Å². The zero-order chi connectivity index (χ0) is 20.6. The van der Waals surface area contributed by atoms with E-state index >= 15 is 0 Å². The van der Waals surface area contributed by atoms with Crippen molar-refractivity contribution in [1.82, 2.24) is 9.78 Å². The summed E-state index contributed by atoms with van der Waals surface area (Å²) < 4.78 is 6.96. The Morgan fingerprint density at radius 3 is 2.68 bits per heavy atom. The van der Waals surface area contributed by atoms with Crippen molar-refractivity contribution in [1.29, 1.82) is 0 Å². The molecule has 7 heteroatoms. The molecule has 6 nitrogen and oxygen atoms in total. The molecule has 28 heavy (non-hydrogen) atoms. The van der Waals surface area contributed by atoms with Gasteiger partial charge in [-0.1, -0.05) is 20.8 Å². The number of rotatable bonds is 4. The highest BCUT2D eigenvalue weighted by molar-refractivity contribution is 7.14. The average molecular weight is 404 g/mol. The molecule has 0 bridgehead atoms. The molecule has 3 rings (SSSR count). The number of carbonyl (C=O) groups excluding carboxylic acids is 2. The van der Waals surface area contributed by atoms with Gasteiger partial charge in [0.1, 0.15) is 4.88 Å². The lowest BCUT2D eigenvalue weighted by Gasteiger charge is -2.33. The minimum atomic E-state index is -0.429. The maximum Gasteiger partial charge on any atom is 0.348 e. The van der Waals surface area contributed by atoms with Gasteiger partial charge in [0.05, 0.1) is 17.1 Å². The first-order valence-corrected chi connectivity index (χ1v) is 10.5. The second-order valence-corrected chi connectivity index (χ2v) is 9.80. The molecule has 1 N–H and O–H groups in total. The van der Waals surface area contributed by atoms with Gasteiger partial charge in [0.2, 0.25) is 0 Å². The molecule has 1 atom stereocenters. The third-order valence-electron chi connectivity index (χ3n) is 5.62. The summed E-state index contributed by atoms with van der Waals surface area (Å²) in [7, 11) is 1.82. The van der Waals surface area contributed by atoms with Crippen LogP contribution < -0.4 is 5.32 Å². The van der Waals surface area contributed by atoms with Crippen molar-refractivity contribution in [2.45, 2.75) is 53.9 Å². The molecule has 1 aliphatic carbocycles. The molecule has 0 saturated heterocycles. The number of nitrogens with zero attached hydrogens (tertiary/aromatic N) is 2. The quantitative estimate of drug-likeness (QED) is 0.782. The van der Waals surface area contributed by atoms with Gasteiger partial charge in [-0.05, 0) is 56.1 Å². The van der Waals surface area contributed by atoms with Crippen LogP contribution in [0.15, 0.2) is 6.07 Å². The number of anilines is 1. The van der Waals surface area contributed by atoms with Crippen LogP contribution in [0, 0.1) is 25.2 Å². The van der Waals surface area contributed by atoms with E-state index < -0.39 is 5.97 Å². The third-order valence-corrected chi connectivity index (χ3v) is 6.83. The summed E-state index contributed by atoms with van der Waals surface area (Å²) in [5.74, 6) is -0.168. The normalized spacial score (nSPS) is 16.6. The van der Waals surface area contributed by atoms with E-state index in [2.05, 4.69) is 31.2 Å². The Morgan fingerprint density at radius 2 is 2.07 bits per heavy atom. The van der Waals surface area contributed by atoms with Gasteiger partial charge in [-0.2, -0.15) is 5.10 Å². The first-order valence-electron chi connectivity index (χ1n) is 9.65. The Kier molecular flexibility index (Phi) is 5.66. The van der Waals surface area contributed by atoms with Gasteiger partial charge in [0, 0.05) is 11.9 Å². The molecular formula is C21H29N3O3S. The van der Waals surface area contributed by atoms with Crippen molar-refractivity contribution in [2.24, 2.45) is 18.4 Å². The van der Waals surface area contributed by atoms with Crippen molar-refractivity contribution in [3.63, 3.8) is 0 Å². The van der Waals surface area contributed by atoms with Crippen molar-refractivity contribution in [2.75, 3.05) is 11.9 Å². The molecule has 2 heterocycles. The molecular weight excluding hydrogens is 374 g/mol. The Morgan fingerprint density at radius 1 is 1.36 bits per heavy atom. The number of amides is 1. The molecule has 1 amide bonds. The van der Waals surface area contributed by atoms with Crippen LogP contribution in [0.25, 0.3) is 0 Å². The number of esters is 1. The van der Waals surface area contributed by atoms with Crippen LogP contribution in [0.5, 0.6) is 0 Å². The van der Waals surface area contributed by atoms with Gasteiger partial charge in [0.15, 0.2) is 6.61 Å². The minimum absolute atomic E-state index is 0.265. The number of aromatic nitrogens is 2. The van der Waals surface area contributed by atoms with Crippen LogP contribution in [-0.4, -0.2) is 28.3 Å². The number of carbonyl (C=O) groups is 2. The summed E-state index contributed by atoms with van der Waals surface area (Å²) in [6.45, 7) is 10.2. The molecule has 0 spiro atoms. The van der Waals surface area contributed by atoms with E-state index in [1.807, 2.05) is 27.0 Å². The number of hydrogen-bond donors (Lipinski definition) is 1. The number of nitrogens with one attached hydrogen (secondary N) is 1. The molecule has 0 aliphatic heterocycles. The van der Waals surface area contributed by atoms with Crippen molar-refractivity contribution in [3.05, 3.63) is 32.8 Å². The van der Waals surface area contributed by atoms with Crippen molar-refractivity contribution < 1.29 is 14.3 Å². The zero-order valence-electron chi connectivity index (χ0n) is 17.5. The predicted octanol–water partition coefficient (Wildman–Crippen LogP) is 4.04. The van der Waals surface area contributed by atoms with E-state index in [1.165, 1.54) is 21.8 Å². The highest BCUT2D eigenvalue weighted by Gasteiger charge is 2.30. The molecule has 0 radical (unpaired) electrons. The predicted molar refractivity (Wildman–Crippen MR) is 111 cm³/mol. The van der Waals surface area contributed by atoms with Crippen molar-refractivity contribution >= 4 is 28.9 Å². The van der Waals surface area contributed by atoms with E-state index in [-0.39, 0.29) is 17.9 Å². The Balaban J connectivity index is 1.59. The zero-order valence-corrected chi connectivity index (χ0v) is 18.3. The highest BCUT2D eigenvalue weighted by Crippen LogP contribution is 2.40. The number of aryl methyl sites for hydroxylation is 3. The molecule has 0 fully saturated rings. The maximum absolute atomic E-state index is 12.4. The average Bonchev–Trinajstić information content (AvgIpc) is 3.15. The van der Waals surface area contributed by atoms with E-state index in [0.717, 1.165) is 30.7 Å². The van der Waals surface area contributed by atoms with Gasteiger partial charge in [-0.15, -0.1) is 11.3 Å². The molecule has 0 aromatic carbocycles. The summed E-state index contributed by atoms with van der Waals surface area (Å²) in [5, 5.41) is 7.04. The fourth-order valence-corrected chi connectivity index (χ4v) is 4.80. The Hall–Kier alpha value is -2.15. The summed E-state index contributed by atoms with van der Waals surface area (Å²) in [5.41, 5.74) is 3.79. The first kappa shape index (κ1) is 20.6. The van der Waals surface area contributed by atoms with Crippen LogP contribution in [0.1, 0.15) is 58.7 Å². The van der Waals surface area contributed by atoms with Crippen LogP contribution in [-0.2, 0) is 29.4 Å². The number of hydrogen-bond acceptors (Lipinski definition) is 5. The second-order valence-electron chi connectivity index (χ2n) is 8.66. The maximum atomic E-state index is 12.4. The molecule has 0 unspecified atom stereocenters. The van der Waals surface area contributed by atoms with Crippen LogP contribution in [0.2, 0.25) is 0 Å². The smallest absolute Gasteiger partial charge is 0.348 e. The van der Waals surface area contributed by atoms with E-state index in [9.17, 15) is 9.59 Å². The van der Waals surface area contributed by atoms with Gasteiger partial charge in [0.25, 0.3) is 5.91 Å². The molecule has 2 aromatic heterocycles. The van der Waals surface area contributed by atoms with Gasteiger partial charge in [-0.25, -0.2) is 4.79 Å². The van der Waals surface area contributed by atoms with Gasteiger partial charge < -0.3 is 10.1 Å². The molecule has 1 aliphatic rings. The topological polar surface area (TPSA) is 73.2 Å². The minimum Gasteiger partial charge on any atom is -0.451 e. The summed E-state index contributed by atoms with van der Waals surface area (Å²) in [6, 6.07) is 1.95. The monoisotopic (exact) mass is 403 g/mol. The van der Waals surface area contributed by atoms with Gasteiger partial charge in [-0.3, -0.25) is 9.48 Å². The van der Waals surface area contributed by atoms with Crippen LogP contribution >= 0.6 is 11.3 Å². The van der Waals surface area contributed by atoms with Crippen LogP contribution in [0.3, 0.4) is 0 Å². The Labute approximate surface area is 170 Å². The lowest BCUT2D eigenvalue weighted by Crippen LogP contribution is -2.26. The summed E-state index contributed by atoms with van der Waals surface area (Å²) >= 11 is 1.50. The highest BCUT2D eigenvalue weighted by atomic mass is 32.1. The fraction of sp³-hybridized carbons (Fsp3) is 0.571.